The Morgan fingerprint density at radius 3 is 2.45 bits per heavy atom. The highest BCUT2D eigenvalue weighted by Gasteiger charge is 2.41. The molecule has 154 valence electrons. The SMILES string of the molecule is Cc1ccc2c(c1)c1cc(C)cc3c1n2-c1cccc2c1B3c1c(ccc3ccccc13)O2. The maximum absolute atomic E-state index is 6.57. The summed E-state index contributed by atoms with van der Waals surface area (Å²) in [6.45, 7) is 4.55. The van der Waals surface area contributed by atoms with E-state index in [1.54, 1.807) is 0 Å². The van der Waals surface area contributed by atoms with Crippen molar-refractivity contribution in [2.24, 2.45) is 0 Å². The second-order valence-corrected chi connectivity index (χ2v) is 9.53. The third kappa shape index (κ3) is 2.10. The van der Waals surface area contributed by atoms with E-state index in [0.29, 0.717) is 0 Å². The van der Waals surface area contributed by atoms with E-state index in [9.17, 15) is 0 Å². The Bertz CT molecular complexity index is 1830. The van der Waals surface area contributed by atoms with E-state index in [-0.39, 0.29) is 6.71 Å². The lowest BCUT2D eigenvalue weighted by Gasteiger charge is -2.34. The zero-order valence-electron chi connectivity index (χ0n) is 18.5. The average Bonchev–Trinajstić information content (AvgIpc) is 3.15. The summed E-state index contributed by atoms with van der Waals surface area (Å²) in [5, 5.41) is 5.19. The Morgan fingerprint density at radius 1 is 0.667 bits per heavy atom. The van der Waals surface area contributed by atoms with Gasteiger partial charge in [-0.1, -0.05) is 59.7 Å². The van der Waals surface area contributed by atoms with Gasteiger partial charge < -0.3 is 9.30 Å². The van der Waals surface area contributed by atoms with Crippen molar-refractivity contribution in [3.8, 4) is 17.2 Å². The van der Waals surface area contributed by atoms with Gasteiger partial charge in [0.15, 0.2) is 0 Å². The van der Waals surface area contributed by atoms with Gasteiger partial charge >= 0.3 is 0 Å². The van der Waals surface area contributed by atoms with E-state index in [2.05, 4.69) is 103 Å². The summed E-state index contributed by atoms with van der Waals surface area (Å²) in [7, 11) is 0. The number of rotatable bonds is 0. The van der Waals surface area contributed by atoms with Crippen molar-refractivity contribution >= 4 is 55.7 Å². The van der Waals surface area contributed by atoms with Gasteiger partial charge in [-0.3, -0.25) is 0 Å². The van der Waals surface area contributed by atoms with Crippen molar-refractivity contribution in [3.63, 3.8) is 0 Å². The fourth-order valence-electron chi connectivity index (χ4n) is 6.26. The summed E-state index contributed by atoms with van der Waals surface area (Å²) in [6.07, 6.45) is 0. The lowest BCUT2D eigenvalue weighted by atomic mass is 9.34. The molecule has 0 radical (unpaired) electrons. The van der Waals surface area contributed by atoms with Crippen molar-refractivity contribution in [1.29, 1.82) is 0 Å². The fourth-order valence-corrected chi connectivity index (χ4v) is 6.26. The van der Waals surface area contributed by atoms with E-state index < -0.39 is 0 Å². The predicted octanol–water partition coefficient (Wildman–Crippen LogP) is 5.49. The Kier molecular flexibility index (Phi) is 3.13. The van der Waals surface area contributed by atoms with Crippen molar-refractivity contribution < 1.29 is 4.74 Å². The van der Waals surface area contributed by atoms with Gasteiger partial charge in [0.2, 0.25) is 0 Å². The first kappa shape index (κ1) is 17.6. The lowest BCUT2D eigenvalue weighted by molar-refractivity contribution is 0.488. The Morgan fingerprint density at radius 2 is 1.52 bits per heavy atom. The summed E-state index contributed by atoms with van der Waals surface area (Å²) in [5.74, 6) is 1.94. The molecule has 2 aliphatic rings. The number of fused-ring (bicyclic) bond motifs is 9. The number of hydrogen-bond acceptors (Lipinski definition) is 1. The number of nitrogens with zero attached hydrogens (tertiary/aromatic N) is 1. The fraction of sp³-hybridized carbons (Fsp3) is 0.0667. The van der Waals surface area contributed by atoms with Crippen molar-refractivity contribution in [1.82, 2.24) is 4.57 Å². The molecule has 0 saturated carbocycles. The monoisotopic (exact) mass is 421 g/mol. The van der Waals surface area contributed by atoms with Crippen LogP contribution in [0.15, 0.2) is 84.9 Å². The van der Waals surface area contributed by atoms with Gasteiger partial charge in [-0.2, -0.15) is 0 Å². The summed E-state index contributed by atoms with van der Waals surface area (Å²) < 4.78 is 9.03. The molecule has 0 bridgehead atoms. The summed E-state index contributed by atoms with van der Waals surface area (Å²) >= 11 is 0. The maximum atomic E-state index is 6.57. The van der Waals surface area contributed by atoms with Crippen LogP contribution in [0, 0.1) is 13.8 Å². The molecule has 8 rings (SSSR count). The Hall–Kier alpha value is -3.98. The molecule has 2 nitrogen and oxygen atoms in total. The molecular formula is C30H20BNO. The first-order chi connectivity index (χ1) is 16.2. The van der Waals surface area contributed by atoms with Gasteiger partial charge in [-0.25, -0.2) is 0 Å². The molecule has 0 unspecified atom stereocenters. The summed E-state index contributed by atoms with van der Waals surface area (Å²) in [5.41, 5.74) is 10.3. The molecule has 0 N–H and O–H groups in total. The van der Waals surface area contributed by atoms with Gasteiger partial charge in [0.1, 0.15) is 11.5 Å². The van der Waals surface area contributed by atoms with E-state index in [1.807, 2.05) is 0 Å². The van der Waals surface area contributed by atoms with Crippen LogP contribution in [0.2, 0.25) is 0 Å². The number of aryl methyl sites for hydroxylation is 2. The molecule has 2 aliphatic heterocycles. The van der Waals surface area contributed by atoms with E-state index in [0.717, 1.165) is 11.5 Å². The van der Waals surface area contributed by atoms with Crippen molar-refractivity contribution in [2.75, 3.05) is 0 Å². The summed E-state index contributed by atoms with van der Waals surface area (Å²) in [4.78, 5) is 0. The van der Waals surface area contributed by atoms with Gasteiger partial charge in [-0.05, 0) is 77.4 Å². The van der Waals surface area contributed by atoms with Gasteiger partial charge in [-0.15, -0.1) is 0 Å². The van der Waals surface area contributed by atoms with E-state index in [4.69, 9.17) is 4.74 Å². The minimum Gasteiger partial charge on any atom is -0.458 e. The number of aromatic nitrogens is 1. The number of ether oxygens (including phenoxy) is 1. The molecule has 3 heteroatoms. The summed E-state index contributed by atoms with van der Waals surface area (Å²) in [6, 6.07) is 31.1. The predicted molar refractivity (Wildman–Crippen MR) is 139 cm³/mol. The Labute approximate surface area is 192 Å². The average molecular weight is 421 g/mol. The van der Waals surface area contributed by atoms with Gasteiger partial charge in [0.25, 0.3) is 6.71 Å². The second kappa shape index (κ2) is 5.87. The molecule has 3 heterocycles. The second-order valence-electron chi connectivity index (χ2n) is 9.53. The standard InChI is InChI=1S/C30H20BNO/c1-17-10-12-24-21(14-17)22-15-18(2)16-23-30(22)32(24)25-8-5-9-26-29(25)31(23)28-20-7-4-3-6-19(20)11-13-27(28)33-26/h3-16H,1-2H3. The maximum Gasteiger partial charge on any atom is 0.257 e. The first-order valence-electron chi connectivity index (χ1n) is 11.6. The van der Waals surface area contributed by atoms with Crippen LogP contribution in [-0.2, 0) is 0 Å². The molecule has 0 atom stereocenters. The highest BCUT2D eigenvalue weighted by molar-refractivity contribution is 7.00. The largest absolute Gasteiger partial charge is 0.458 e. The van der Waals surface area contributed by atoms with Crippen LogP contribution >= 0.6 is 0 Å². The van der Waals surface area contributed by atoms with Gasteiger partial charge in [0.05, 0.1) is 5.52 Å². The third-order valence-corrected chi connectivity index (χ3v) is 7.51. The Balaban J connectivity index is 1.63. The first-order valence-corrected chi connectivity index (χ1v) is 11.6. The van der Waals surface area contributed by atoms with Crippen LogP contribution in [0.5, 0.6) is 11.5 Å². The van der Waals surface area contributed by atoms with E-state index in [1.165, 1.54) is 65.8 Å². The third-order valence-electron chi connectivity index (χ3n) is 7.51. The lowest BCUT2D eigenvalue weighted by Crippen LogP contribution is -2.58. The molecule has 0 aliphatic carbocycles. The van der Waals surface area contributed by atoms with Crippen molar-refractivity contribution in [2.45, 2.75) is 13.8 Å². The highest BCUT2D eigenvalue weighted by Crippen LogP contribution is 2.38. The smallest absolute Gasteiger partial charge is 0.257 e. The van der Waals surface area contributed by atoms with Gasteiger partial charge in [0, 0.05) is 22.0 Å². The van der Waals surface area contributed by atoms with Crippen LogP contribution in [0.4, 0.5) is 0 Å². The molecule has 0 fully saturated rings. The molecule has 1 aromatic heterocycles. The minimum atomic E-state index is 0.145. The van der Waals surface area contributed by atoms with Crippen LogP contribution in [-0.4, -0.2) is 11.3 Å². The minimum absolute atomic E-state index is 0.145. The van der Waals surface area contributed by atoms with E-state index >= 15 is 0 Å². The number of hydrogen-bond donors (Lipinski definition) is 0. The van der Waals surface area contributed by atoms with Crippen LogP contribution in [0.3, 0.4) is 0 Å². The highest BCUT2D eigenvalue weighted by atomic mass is 16.5. The molecule has 0 spiro atoms. The molecule has 0 saturated heterocycles. The normalized spacial score (nSPS) is 13.3. The molecule has 5 aromatic carbocycles. The van der Waals surface area contributed by atoms with Crippen LogP contribution < -0.4 is 21.1 Å². The van der Waals surface area contributed by atoms with Crippen molar-refractivity contribution in [3.05, 3.63) is 96.1 Å². The van der Waals surface area contributed by atoms with Crippen LogP contribution in [0.25, 0.3) is 38.3 Å². The number of benzene rings is 5. The molecule has 33 heavy (non-hydrogen) atoms. The molecular weight excluding hydrogens is 401 g/mol. The van der Waals surface area contributed by atoms with Crippen LogP contribution in [0.1, 0.15) is 11.1 Å². The zero-order chi connectivity index (χ0) is 21.8. The molecule has 6 aromatic rings. The zero-order valence-corrected chi connectivity index (χ0v) is 18.5. The quantitative estimate of drug-likeness (QED) is 0.296. The molecule has 0 amide bonds. The topological polar surface area (TPSA) is 14.2 Å².